The van der Waals surface area contributed by atoms with Gasteiger partial charge in [0.25, 0.3) is 0 Å². The van der Waals surface area contributed by atoms with Crippen LogP contribution in [0, 0.1) is 0 Å². The molecule has 0 aliphatic carbocycles. The summed E-state index contributed by atoms with van der Waals surface area (Å²) in [6.07, 6.45) is 2.41. The maximum atomic E-state index is 2.57. The molecule has 2 unspecified atom stereocenters. The van der Waals surface area contributed by atoms with Gasteiger partial charge in [0.05, 0.1) is 5.54 Å². The second kappa shape index (κ2) is 4.61. The molecule has 2 aliphatic rings. The summed E-state index contributed by atoms with van der Waals surface area (Å²) >= 11 is 0. The Hall–Kier alpha value is -1.31. The largest absolute Gasteiger partial charge is 1.00 e. The van der Waals surface area contributed by atoms with E-state index in [0.717, 1.165) is 0 Å². The van der Waals surface area contributed by atoms with Crippen LogP contribution < -0.4 is 12.4 Å². The highest BCUT2D eigenvalue weighted by Gasteiger charge is 2.48. The highest BCUT2D eigenvalue weighted by atomic mass is 35.5. The van der Waals surface area contributed by atoms with Gasteiger partial charge >= 0.3 is 1.43 Å². The normalized spacial score (nSPS) is 27.2. The first kappa shape index (κ1) is 13.7. The summed E-state index contributed by atoms with van der Waals surface area (Å²) in [5.41, 5.74) is 6.07. The van der Waals surface area contributed by atoms with E-state index in [1.807, 2.05) is 0 Å². The van der Waals surface area contributed by atoms with Crippen molar-refractivity contribution in [1.29, 1.82) is 0 Å². The first-order valence-corrected chi connectivity index (χ1v) is 7.13. The lowest BCUT2D eigenvalue weighted by Gasteiger charge is -2.36. The molecular formula is C18H20ClN. The lowest BCUT2D eigenvalue weighted by molar-refractivity contribution is -0.00000398. The van der Waals surface area contributed by atoms with Crippen LogP contribution in [0.2, 0.25) is 0 Å². The Balaban J connectivity index is 0.000000807. The molecule has 0 radical (unpaired) electrons. The second-order valence-electron chi connectivity index (χ2n) is 5.98. The average Bonchev–Trinajstić information content (AvgIpc) is 2.59. The van der Waals surface area contributed by atoms with Crippen molar-refractivity contribution in [2.24, 2.45) is 0 Å². The molecule has 0 amide bonds. The van der Waals surface area contributed by atoms with Gasteiger partial charge in [-0.25, -0.2) is 0 Å². The molecule has 2 aliphatic heterocycles. The van der Waals surface area contributed by atoms with Crippen LogP contribution in [0.4, 0.5) is 0 Å². The van der Waals surface area contributed by atoms with Gasteiger partial charge in [0.15, 0.2) is 0 Å². The topological polar surface area (TPSA) is 3.24 Å². The highest BCUT2D eigenvalue weighted by molar-refractivity contribution is 5.52. The van der Waals surface area contributed by atoms with Crippen LogP contribution in [-0.2, 0) is 12.0 Å². The van der Waals surface area contributed by atoms with Crippen molar-refractivity contribution in [3.8, 4) is 0 Å². The minimum absolute atomic E-state index is 0. The van der Waals surface area contributed by atoms with Crippen molar-refractivity contribution in [1.82, 2.24) is 4.90 Å². The maximum absolute atomic E-state index is 2.57. The van der Waals surface area contributed by atoms with Crippen molar-refractivity contribution in [3.05, 3.63) is 70.8 Å². The molecule has 104 valence electrons. The third-order valence-corrected chi connectivity index (χ3v) is 5.25. The van der Waals surface area contributed by atoms with E-state index in [-0.39, 0.29) is 19.4 Å². The van der Waals surface area contributed by atoms with Crippen LogP contribution >= 0.6 is 0 Å². The standard InChI is InChI=1S/C18H19N.ClH/c1-18-15-9-5-3-7-13(15)11-12-17(19(18)2)14-8-4-6-10-16(14)18;/h3-10,17H,11-12H2,1-2H3;1H. The van der Waals surface area contributed by atoms with Crippen molar-refractivity contribution in [2.45, 2.75) is 31.3 Å². The van der Waals surface area contributed by atoms with Gasteiger partial charge in [-0.2, -0.15) is 0 Å². The Morgan fingerprint density at radius 2 is 1.70 bits per heavy atom. The Labute approximate surface area is 128 Å². The van der Waals surface area contributed by atoms with Crippen LogP contribution in [-0.4, -0.2) is 11.9 Å². The molecule has 0 aromatic heterocycles. The van der Waals surface area contributed by atoms with Crippen LogP contribution in [0.5, 0.6) is 0 Å². The molecule has 2 aromatic rings. The Kier molecular flexibility index (Phi) is 3.15. The SMILES string of the molecule is CN1C2CCc3ccccc3C1(C)c1ccccc12.[Cl-].[H+]. The molecule has 2 heterocycles. The number of aryl methyl sites for hydroxylation is 1. The van der Waals surface area contributed by atoms with Crippen LogP contribution in [0.3, 0.4) is 0 Å². The van der Waals surface area contributed by atoms with Crippen molar-refractivity contribution in [3.63, 3.8) is 0 Å². The predicted octanol–water partition coefficient (Wildman–Crippen LogP) is 0.999. The molecule has 0 saturated heterocycles. The van der Waals surface area contributed by atoms with Crippen molar-refractivity contribution >= 4 is 0 Å². The molecule has 20 heavy (non-hydrogen) atoms. The zero-order valence-corrected chi connectivity index (χ0v) is 12.7. The minimum Gasteiger partial charge on any atom is -1.00 e. The van der Waals surface area contributed by atoms with E-state index in [4.69, 9.17) is 0 Å². The fourth-order valence-electron chi connectivity index (χ4n) is 4.13. The molecule has 0 N–H and O–H groups in total. The fraction of sp³-hybridized carbons (Fsp3) is 0.333. The number of nitrogens with zero attached hydrogens (tertiary/aromatic N) is 1. The predicted molar refractivity (Wildman–Crippen MR) is 79.3 cm³/mol. The Morgan fingerprint density at radius 3 is 2.50 bits per heavy atom. The Bertz CT molecular complexity index is 657. The number of hydrogen-bond donors (Lipinski definition) is 0. The Morgan fingerprint density at radius 1 is 1.05 bits per heavy atom. The van der Waals surface area contributed by atoms with Gasteiger partial charge in [0, 0.05) is 6.04 Å². The fourth-order valence-corrected chi connectivity index (χ4v) is 4.13. The summed E-state index contributed by atoms with van der Waals surface area (Å²) in [6.45, 7) is 2.38. The van der Waals surface area contributed by atoms with Gasteiger partial charge in [0.2, 0.25) is 0 Å². The van der Waals surface area contributed by atoms with E-state index >= 15 is 0 Å². The first-order valence-electron chi connectivity index (χ1n) is 7.13. The average molecular weight is 286 g/mol. The van der Waals surface area contributed by atoms with E-state index in [0.29, 0.717) is 6.04 Å². The minimum atomic E-state index is 0. The summed E-state index contributed by atoms with van der Waals surface area (Å²) in [5.74, 6) is 0. The monoisotopic (exact) mass is 285 g/mol. The van der Waals surface area contributed by atoms with E-state index in [2.05, 4.69) is 67.4 Å². The first-order chi connectivity index (χ1) is 9.23. The van der Waals surface area contributed by atoms with Crippen molar-refractivity contribution in [2.75, 3.05) is 7.05 Å². The molecule has 2 atom stereocenters. The van der Waals surface area contributed by atoms with Crippen LogP contribution in [0.25, 0.3) is 0 Å². The summed E-state index contributed by atoms with van der Waals surface area (Å²) < 4.78 is 0. The van der Waals surface area contributed by atoms with Gasteiger partial charge in [0.1, 0.15) is 0 Å². The van der Waals surface area contributed by atoms with Crippen LogP contribution in [0.15, 0.2) is 48.5 Å². The van der Waals surface area contributed by atoms with Gasteiger partial charge in [-0.1, -0.05) is 48.5 Å². The smallest absolute Gasteiger partial charge is 1.00 e. The summed E-state index contributed by atoms with van der Waals surface area (Å²) in [7, 11) is 2.28. The lowest BCUT2D eigenvalue weighted by atomic mass is 9.80. The zero-order chi connectivity index (χ0) is 13.0. The summed E-state index contributed by atoms with van der Waals surface area (Å²) in [6, 6.07) is 18.5. The van der Waals surface area contributed by atoms with Crippen LogP contribution in [0.1, 0.15) is 43.1 Å². The molecule has 2 aromatic carbocycles. The molecule has 2 heteroatoms. The van der Waals surface area contributed by atoms with Crippen molar-refractivity contribution < 1.29 is 13.8 Å². The number of fused-ring (bicyclic) bond motifs is 7. The molecule has 2 bridgehead atoms. The van der Waals surface area contributed by atoms with Gasteiger partial charge in [-0.3, -0.25) is 4.90 Å². The molecule has 4 rings (SSSR count). The number of hydrogen-bond acceptors (Lipinski definition) is 1. The summed E-state index contributed by atoms with van der Waals surface area (Å²) in [4.78, 5) is 2.57. The zero-order valence-electron chi connectivity index (χ0n) is 12.9. The molecule has 1 nitrogen and oxygen atoms in total. The van der Waals surface area contributed by atoms with E-state index in [1.54, 1.807) is 0 Å². The molecule has 0 spiro atoms. The van der Waals surface area contributed by atoms with E-state index in [9.17, 15) is 0 Å². The highest BCUT2D eigenvalue weighted by Crippen LogP contribution is 2.52. The number of benzene rings is 2. The molecule has 0 fully saturated rings. The van der Waals surface area contributed by atoms with Gasteiger partial charge in [-0.15, -0.1) is 0 Å². The third kappa shape index (κ3) is 1.54. The molecule has 0 saturated carbocycles. The second-order valence-corrected chi connectivity index (χ2v) is 5.98. The quantitative estimate of drug-likeness (QED) is 0.698. The molecular weight excluding hydrogens is 266 g/mol. The lowest BCUT2D eigenvalue weighted by Crippen LogP contribution is -3.00. The van der Waals surface area contributed by atoms with E-state index in [1.165, 1.54) is 35.1 Å². The number of rotatable bonds is 0. The number of halogens is 1. The summed E-state index contributed by atoms with van der Waals surface area (Å²) in [5, 5.41) is 0. The van der Waals surface area contributed by atoms with Gasteiger partial charge in [-0.05, 0) is 49.1 Å². The third-order valence-electron chi connectivity index (χ3n) is 5.25. The van der Waals surface area contributed by atoms with Gasteiger partial charge < -0.3 is 12.4 Å². The van der Waals surface area contributed by atoms with E-state index < -0.39 is 0 Å². The maximum Gasteiger partial charge on any atom is 1.00 e.